The zero-order valence-electron chi connectivity index (χ0n) is 16.1. The summed E-state index contributed by atoms with van der Waals surface area (Å²) in [6.45, 7) is 1.85. The third-order valence-corrected chi connectivity index (χ3v) is 7.39. The molecule has 2 aliphatic heterocycles. The lowest BCUT2D eigenvalue weighted by molar-refractivity contribution is -0.125. The Bertz CT molecular complexity index is 895. The number of nitrogens with zero attached hydrogens (tertiary/aromatic N) is 4. The van der Waals surface area contributed by atoms with E-state index in [0.717, 1.165) is 41.9 Å². The van der Waals surface area contributed by atoms with Crippen LogP contribution in [0, 0.1) is 0 Å². The predicted octanol–water partition coefficient (Wildman–Crippen LogP) is 2.09. The minimum absolute atomic E-state index is 0.126. The van der Waals surface area contributed by atoms with Crippen LogP contribution in [0.3, 0.4) is 0 Å². The summed E-state index contributed by atoms with van der Waals surface area (Å²) in [6.07, 6.45) is 2.17. The van der Waals surface area contributed by atoms with Crippen molar-refractivity contribution in [2.24, 2.45) is 0 Å². The van der Waals surface area contributed by atoms with E-state index in [4.69, 9.17) is 4.74 Å². The topological polar surface area (TPSA) is 106 Å². The number of thioether (sulfide) groups is 2. The Labute approximate surface area is 185 Å². The highest BCUT2D eigenvalue weighted by Gasteiger charge is 2.29. The lowest BCUT2D eigenvalue weighted by Gasteiger charge is -2.14. The fraction of sp³-hybridized carbons (Fsp3) is 0.500. The van der Waals surface area contributed by atoms with E-state index in [-0.39, 0.29) is 47.8 Å². The maximum absolute atomic E-state index is 12.2. The van der Waals surface area contributed by atoms with Crippen molar-refractivity contribution >= 4 is 51.9 Å². The average molecular weight is 468 g/mol. The van der Waals surface area contributed by atoms with E-state index in [1.165, 1.54) is 16.7 Å². The van der Waals surface area contributed by atoms with Crippen LogP contribution in [-0.4, -0.2) is 74.0 Å². The number of nitrogens with one attached hydrogen (secondary N) is 1. The third kappa shape index (κ3) is 5.05. The first-order chi connectivity index (χ1) is 14.6. The molecule has 30 heavy (non-hydrogen) atoms. The Morgan fingerprint density at radius 2 is 2.27 bits per heavy atom. The molecular weight excluding hydrogens is 446 g/mol. The molecule has 2 aliphatic rings. The van der Waals surface area contributed by atoms with Crippen molar-refractivity contribution in [1.82, 2.24) is 25.0 Å². The van der Waals surface area contributed by atoms with Crippen LogP contribution in [-0.2, 0) is 20.9 Å². The van der Waals surface area contributed by atoms with Gasteiger partial charge >= 0.3 is 0 Å². The molecule has 2 saturated heterocycles. The number of carbonyl (C=O) groups excluding carboxylic acids is 3. The van der Waals surface area contributed by atoms with E-state index < -0.39 is 0 Å². The van der Waals surface area contributed by atoms with Crippen LogP contribution in [0.15, 0.2) is 22.7 Å². The van der Waals surface area contributed by atoms with Gasteiger partial charge in [0, 0.05) is 19.7 Å². The molecule has 0 spiro atoms. The molecule has 3 amide bonds. The standard InChI is InChI=1S/C18H21N5O4S3/c24-14(19-5-6-22-15(25)11-30-18(22)26)10-29-17-21-20-16(13-4-2-8-28-13)23(17)9-12-3-1-7-27-12/h2,4,8,12H,1,3,5-7,9-11H2,(H,19,24). The van der Waals surface area contributed by atoms with E-state index in [2.05, 4.69) is 15.5 Å². The summed E-state index contributed by atoms with van der Waals surface area (Å²) in [7, 11) is 0. The molecule has 0 aromatic carbocycles. The zero-order chi connectivity index (χ0) is 20.9. The second-order valence-electron chi connectivity index (χ2n) is 6.77. The van der Waals surface area contributed by atoms with Gasteiger partial charge in [0.25, 0.3) is 5.24 Å². The SMILES string of the molecule is O=C(CSc1nnc(-c2cccs2)n1CC1CCCO1)NCCN1C(=O)CSC1=O. The van der Waals surface area contributed by atoms with Gasteiger partial charge in [0.05, 0.1) is 29.0 Å². The normalized spacial score (nSPS) is 19.1. The van der Waals surface area contributed by atoms with Gasteiger partial charge in [-0.15, -0.1) is 21.5 Å². The van der Waals surface area contributed by atoms with E-state index in [0.29, 0.717) is 11.7 Å². The van der Waals surface area contributed by atoms with Crippen molar-refractivity contribution in [3.63, 3.8) is 0 Å². The number of hydrogen-bond donors (Lipinski definition) is 1. The third-order valence-electron chi connectivity index (χ3n) is 4.70. The summed E-state index contributed by atoms with van der Waals surface area (Å²) in [5, 5.41) is 13.8. The van der Waals surface area contributed by atoms with E-state index in [1.54, 1.807) is 11.3 Å². The van der Waals surface area contributed by atoms with Crippen molar-refractivity contribution in [2.45, 2.75) is 30.6 Å². The van der Waals surface area contributed by atoms with Crippen molar-refractivity contribution in [1.29, 1.82) is 0 Å². The number of hydrogen-bond acceptors (Lipinski definition) is 9. The molecule has 1 unspecified atom stereocenters. The molecule has 9 nitrogen and oxygen atoms in total. The molecule has 2 fully saturated rings. The van der Waals surface area contributed by atoms with Crippen LogP contribution in [0.2, 0.25) is 0 Å². The van der Waals surface area contributed by atoms with Crippen LogP contribution in [0.4, 0.5) is 4.79 Å². The van der Waals surface area contributed by atoms with Gasteiger partial charge in [-0.1, -0.05) is 29.6 Å². The predicted molar refractivity (Wildman–Crippen MR) is 116 cm³/mol. The summed E-state index contributed by atoms with van der Waals surface area (Å²) < 4.78 is 7.80. The van der Waals surface area contributed by atoms with Crippen LogP contribution in [0.1, 0.15) is 12.8 Å². The zero-order valence-corrected chi connectivity index (χ0v) is 18.6. The molecule has 0 radical (unpaired) electrons. The number of aromatic nitrogens is 3. The molecule has 0 bridgehead atoms. The molecule has 12 heteroatoms. The maximum atomic E-state index is 12.2. The molecule has 4 heterocycles. The Kier molecular flexibility index (Phi) is 7.08. The Balaban J connectivity index is 1.33. The van der Waals surface area contributed by atoms with Crippen LogP contribution in [0.5, 0.6) is 0 Å². The molecule has 1 atom stereocenters. The number of amides is 3. The van der Waals surface area contributed by atoms with Crippen LogP contribution in [0.25, 0.3) is 10.7 Å². The van der Waals surface area contributed by atoms with E-state index in [9.17, 15) is 14.4 Å². The lowest BCUT2D eigenvalue weighted by atomic mass is 10.2. The molecule has 1 N–H and O–H groups in total. The number of imide groups is 1. The highest BCUT2D eigenvalue weighted by atomic mass is 32.2. The Hall–Kier alpha value is -1.89. The summed E-state index contributed by atoms with van der Waals surface area (Å²) >= 11 is 3.90. The smallest absolute Gasteiger partial charge is 0.288 e. The molecule has 0 saturated carbocycles. The number of carbonyl (C=O) groups is 3. The van der Waals surface area contributed by atoms with Gasteiger partial charge in [-0.05, 0) is 24.3 Å². The number of thiophene rings is 1. The van der Waals surface area contributed by atoms with E-state index in [1.807, 2.05) is 22.1 Å². The molecule has 2 aromatic heterocycles. The summed E-state index contributed by atoms with van der Waals surface area (Å²) in [5.41, 5.74) is 0. The first-order valence-electron chi connectivity index (χ1n) is 9.57. The highest BCUT2D eigenvalue weighted by Crippen LogP contribution is 2.29. The van der Waals surface area contributed by atoms with Crippen molar-refractivity contribution < 1.29 is 19.1 Å². The van der Waals surface area contributed by atoms with Crippen molar-refractivity contribution in [3.05, 3.63) is 17.5 Å². The molecule has 4 rings (SSSR count). The highest BCUT2D eigenvalue weighted by molar-refractivity contribution is 8.14. The monoisotopic (exact) mass is 467 g/mol. The second kappa shape index (κ2) is 9.94. The number of rotatable bonds is 9. The molecule has 160 valence electrons. The Morgan fingerprint density at radius 1 is 1.37 bits per heavy atom. The van der Waals surface area contributed by atoms with Crippen molar-refractivity contribution in [2.75, 3.05) is 31.2 Å². The minimum Gasteiger partial charge on any atom is -0.376 e. The average Bonchev–Trinajstić information content (AvgIpc) is 3.52. The quantitative estimate of drug-likeness (QED) is 0.559. The lowest BCUT2D eigenvalue weighted by Crippen LogP contribution is -2.38. The number of ether oxygens (including phenoxy) is 1. The van der Waals surface area contributed by atoms with Gasteiger partial charge in [0.1, 0.15) is 0 Å². The first-order valence-corrected chi connectivity index (χ1v) is 12.4. The van der Waals surface area contributed by atoms with Crippen molar-refractivity contribution in [3.8, 4) is 10.7 Å². The van der Waals surface area contributed by atoms with Gasteiger partial charge in [0.2, 0.25) is 11.8 Å². The first kappa shape index (κ1) is 21.3. The molecule has 2 aromatic rings. The van der Waals surface area contributed by atoms with E-state index >= 15 is 0 Å². The summed E-state index contributed by atoms with van der Waals surface area (Å²) in [4.78, 5) is 37.6. The van der Waals surface area contributed by atoms with Gasteiger partial charge in [-0.3, -0.25) is 23.9 Å². The second-order valence-corrected chi connectivity index (χ2v) is 9.58. The maximum Gasteiger partial charge on any atom is 0.288 e. The Morgan fingerprint density at radius 3 is 2.97 bits per heavy atom. The largest absolute Gasteiger partial charge is 0.376 e. The van der Waals surface area contributed by atoms with Crippen LogP contribution < -0.4 is 5.32 Å². The summed E-state index contributed by atoms with van der Waals surface area (Å²) in [6, 6.07) is 3.97. The van der Waals surface area contributed by atoms with Gasteiger partial charge in [-0.2, -0.15) is 0 Å². The summed E-state index contributed by atoms with van der Waals surface area (Å²) in [5.74, 6) is 0.736. The van der Waals surface area contributed by atoms with Gasteiger partial charge in [0.15, 0.2) is 11.0 Å². The molecular formula is C18H21N5O4S3. The minimum atomic E-state index is -0.257. The fourth-order valence-corrected chi connectivity index (χ4v) is 5.47. The molecule has 0 aliphatic carbocycles. The van der Waals surface area contributed by atoms with Crippen LogP contribution >= 0.6 is 34.9 Å². The van der Waals surface area contributed by atoms with Gasteiger partial charge < -0.3 is 10.1 Å². The fourth-order valence-electron chi connectivity index (χ4n) is 3.23. The van der Waals surface area contributed by atoms with Gasteiger partial charge in [-0.25, -0.2) is 0 Å².